The fourth-order valence-corrected chi connectivity index (χ4v) is 4.95. The van der Waals surface area contributed by atoms with Gasteiger partial charge in [-0.1, -0.05) is 18.2 Å². The highest BCUT2D eigenvalue weighted by molar-refractivity contribution is 5.93. The van der Waals surface area contributed by atoms with Crippen LogP contribution in [0.5, 0.6) is 11.5 Å². The topological polar surface area (TPSA) is 93.6 Å². The molecule has 2 N–H and O–H groups in total. The van der Waals surface area contributed by atoms with Gasteiger partial charge >= 0.3 is 5.63 Å². The molecule has 0 aliphatic carbocycles. The van der Waals surface area contributed by atoms with E-state index in [0.717, 1.165) is 40.3 Å². The summed E-state index contributed by atoms with van der Waals surface area (Å²) in [5.41, 5.74) is 3.82. The molecule has 5 rings (SSSR count). The molecule has 3 heterocycles. The third-order valence-corrected chi connectivity index (χ3v) is 6.89. The minimum Gasteiger partial charge on any atom is -0.496 e. The zero-order chi connectivity index (χ0) is 24.7. The number of rotatable bonds is 6. The number of fused-ring (bicyclic) bond motifs is 4. The highest BCUT2D eigenvalue weighted by Gasteiger charge is 2.31. The lowest BCUT2D eigenvalue weighted by atomic mass is 9.91. The van der Waals surface area contributed by atoms with Crippen molar-refractivity contribution in [2.45, 2.75) is 52.1 Å². The lowest BCUT2D eigenvalue weighted by Gasteiger charge is -2.33. The van der Waals surface area contributed by atoms with Crippen molar-refractivity contribution in [3.63, 3.8) is 0 Å². The predicted octanol–water partition coefficient (Wildman–Crippen LogP) is 4.60. The van der Waals surface area contributed by atoms with E-state index in [9.17, 15) is 9.59 Å². The number of H-pyrrole nitrogens is 1. The highest BCUT2D eigenvalue weighted by atomic mass is 16.5. The molecule has 182 valence electrons. The van der Waals surface area contributed by atoms with Gasteiger partial charge in [0.25, 0.3) is 0 Å². The van der Waals surface area contributed by atoms with Crippen molar-refractivity contribution in [2.75, 3.05) is 13.7 Å². The molecule has 2 aromatic heterocycles. The Balaban J connectivity index is 1.38. The van der Waals surface area contributed by atoms with E-state index in [2.05, 4.69) is 16.4 Å². The van der Waals surface area contributed by atoms with Crippen LogP contribution in [0.2, 0.25) is 0 Å². The monoisotopic (exact) mass is 474 g/mol. The lowest BCUT2D eigenvalue weighted by molar-refractivity contribution is -0.120. The number of aryl methyl sites for hydroxylation is 2. The molecule has 1 amide bonds. The molecule has 2 aromatic carbocycles. The van der Waals surface area contributed by atoms with Crippen molar-refractivity contribution in [3.8, 4) is 11.5 Å². The molecule has 0 saturated heterocycles. The second-order valence-corrected chi connectivity index (χ2v) is 9.75. The zero-order valence-electron chi connectivity index (χ0n) is 20.5. The quantitative estimate of drug-likeness (QED) is 0.399. The fraction of sp³-hybridized carbons (Fsp3) is 0.357. The normalized spacial score (nSPS) is 14.5. The van der Waals surface area contributed by atoms with Crippen LogP contribution in [0.1, 0.15) is 42.5 Å². The second kappa shape index (κ2) is 8.80. The molecule has 0 bridgehead atoms. The summed E-state index contributed by atoms with van der Waals surface area (Å²) in [7, 11) is 1.58. The van der Waals surface area contributed by atoms with Gasteiger partial charge in [-0.3, -0.25) is 4.79 Å². The highest BCUT2D eigenvalue weighted by Crippen LogP contribution is 2.43. The SMILES string of the molecule is COc1cc2c(c3oc(=O)c(CC(=O)NCCc4c[nH]c5ccccc45)c(C)c13)CCC(C)(C)O2. The summed E-state index contributed by atoms with van der Waals surface area (Å²) >= 11 is 0. The number of hydrogen-bond acceptors (Lipinski definition) is 5. The predicted molar refractivity (Wildman–Crippen MR) is 136 cm³/mol. The van der Waals surface area contributed by atoms with E-state index < -0.39 is 5.63 Å². The second-order valence-electron chi connectivity index (χ2n) is 9.75. The Labute approximate surface area is 203 Å². The average Bonchev–Trinajstić information content (AvgIpc) is 3.23. The Bertz CT molecular complexity index is 1500. The average molecular weight is 475 g/mol. The molecule has 7 nitrogen and oxygen atoms in total. The Morgan fingerprint density at radius 1 is 1.26 bits per heavy atom. The smallest absolute Gasteiger partial charge is 0.340 e. The van der Waals surface area contributed by atoms with Crippen molar-refractivity contribution >= 4 is 27.8 Å². The van der Waals surface area contributed by atoms with Crippen molar-refractivity contribution < 1.29 is 18.7 Å². The molecule has 0 spiro atoms. The summed E-state index contributed by atoms with van der Waals surface area (Å²) in [6.07, 6.45) is 4.15. The molecule has 35 heavy (non-hydrogen) atoms. The molecule has 0 atom stereocenters. The van der Waals surface area contributed by atoms with Crippen LogP contribution in [-0.2, 0) is 24.1 Å². The maximum absolute atomic E-state index is 13.0. The number of amides is 1. The molecule has 1 aliphatic rings. The van der Waals surface area contributed by atoms with Crippen LogP contribution in [0.15, 0.2) is 45.7 Å². The van der Waals surface area contributed by atoms with Crippen LogP contribution in [0.4, 0.5) is 0 Å². The van der Waals surface area contributed by atoms with Crippen LogP contribution < -0.4 is 20.4 Å². The molecule has 0 radical (unpaired) electrons. The fourth-order valence-electron chi connectivity index (χ4n) is 4.95. The molecular formula is C28H30N2O5. The van der Waals surface area contributed by atoms with Crippen LogP contribution in [0.25, 0.3) is 21.9 Å². The number of aromatic nitrogens is 1. The third-order valence-electron chi connectivity index (χ3n) is 6.89. The maximum atomic E-state index is 13.0. The first-order chi connectivity index (χ1) is 16.8. The van der Waals surface area contributed by atoms with Gasteiger partial charge in [0.05, 0.1) is 24.5 Å². The number of methoxy groups -OCH3 is 1. The zero-order valence-corrected chi connectivity index (χ0v) is 20.5. The standard InChI is InChI=1S/C28H30N2O5/c1-16-20(13-24(31)29-12-10-17-15-30-21-8-6-5-7-18(17)21)27(32)34-26-19-9-11-28(2,3)35-22(19)14-23(33-4)25(16)26/h5-8,14-15,30H,9-13H2,1-4H3,(H,29,31). The van der Waals surface area contributed by atoms with Crippen molar-refractivity contribution in [1.82, 2.24) is 10.3 Å². The Morgan fingerprint density at radius 2 is 2.06 bits per heavy atom. The molecule has 0 saturated carbocycles. The van der Waals surface area contributed by atoms with Gasteiger partial charge in [-0.15, -0.1) is 0 Å². The van der Waals surface area contributed by atoms with E-state index in [4.69, 9.17) is 13.9 Å². The molecule has 0 fully saturated rings. The lowest BCUT2D eigenvalue weighted by Crippen LogP contribution is -2.33. The van der Waals surface area contributed by atoms with Gasteiger partial charge < -0.3 is 24.2 Å². The van der Waals surface area contributed by atoms with Gasteiger partial charge in [-0.05, 0) is 57.2 Å². The third kappa shape index (κ3) is 4.27. The van der Waals surface area contributed by atoms with Crippen LogP contribution in [0, 0.1) is 6.92 Å². The number of para-hydroxylation sites is 1. The van der Waals surface area contributed by atoms with Crippen LogP contribution in [-0.4, -0.2) is 30.1 Å². The van der Waals surface area contributed by atoms with Crippen molar-refractivity contribution in [3.05, 3.63) is 69.2 Å². The summed E-state index contributed by atoms with van der Waals surface area (Å²) in [5.74, 6) is 1.02. The summed E-state index contributed by atoms with van der Waals surface area (Å²) < 4.78 is 17.6. The summed E-state index contributed by atoms with van der Waals surface area (Å²) in [6.45, 7) is 6.39. The molecular weight excluding hydrogens is 444 g/mol. The number of hydrogen-bond donors (Lipinski definition) is 2. The minimum atomic E-state index is -0.498. The summed E-state index contributed by atoms with van der Waals surface area (Å²) in [6, 6.07) is 9.93. The first-order valence-corrected chi connectivity index (χ1v) is 11.9. The van der Waals surface area contributed by atoms with Crippen LogP contribution >= 0.6 is 0 Å². The van der Waals surface area contributed by atoms with E-state index in [0.29, 0.717) is 41.2 Å². The minimum absolute atomic E-state index is 0.0538. The van der Waals surface area contributed by atoms with Gasteiger partial charge in [0, 0.05) is 35.3 Å². The molecule has 1 aliphatic heterocycles. The van der Waals surface area contributed by atoms with E-state index in [1.54, 1.807) is 7.11 Å². The van der Waals surface area contributed by atoms with Gasteiger partial charge in [0.1, 0.15) is 22.7 Å². The molecule has 4 aromatic rings. The van der Waals surface area contributed by atoms with E-state index >= 15 is 0 Å². The summed E-state index contributed by atoms with van der Waals surface area (Å²) in [4.78, 5) is 29.0. The first kappa shape index (κ1) is 23.0. The van der Waals surface area contributed by atoms with Gasteiger partial charge in [0.15, 0.2) is 0 Å². The first-order valence-electron chi connectivity index (χ1n) is 11.9. The number of ether oxygens (including phenoxy) is 2. The van der Waals surface area contributed by atoms with E-state index in [1.807, 2.05) is 51.2 Å². The van der Waals surface area contributed by atoms with E-state index in [-0.39, 0.29) is 17.9 Å². The number of carbonyl (C=O) groups is 1. The van der Waals surface area contributed by atoms with Gasteiger partial charge in [0.2, 0.25) is 5.91 Å². The van der Waals surface area contributed by atoms with Crippen molar-refractivity contribution in [1.29, 1.82) is 0 Å². The Kier molecular flexibility index (Phi) is 5.79. The van der Waals surface area contributed by atoms with Gasteiger partial charge in [-0.2, -0.15) is 0 Å². The molecule has 7 heteroatoms. The number of benzene rings is 2. The van der Waals surface area contributed by atoms with Crippen LogP contribution in [0.3, 0.4) is 0 Å². The Morgan fingerprint density at radius 3 is 2.86 bits per heavy atom. The maximum Gasteiger partial charge on any atom is 0.340 e. The van der Waals surface area contributed by atoms with Gasteiger partial charge in [-0.25, -0.2) is 4.79 Å². The number of carbonyl (C=O) groups excluding carboxylic acids is 1. The Hall–Kier alpha value is -3.74. The van der Waals surface area contributed by atoms with E-state index in [1.165, 1.54) is 0 Å². The molecule has 0 unspecified atom stereocenters. The summed E-state index contributed by atoms with van der Waals surface area (Å²) in [5, 5.41) is 4.81. The largest absolute Gasteiger partial charge is 0.496 e. The number of nitrogens with one attached hydrogen (secondary N) is 2. The number of aromatic amines is 1. The van der Waals surface area contributed by atoms with Crippen molar-refractivity contribution in [2.24, 2.45) is 0 Å².